The Morgan fingerprint density at radius 1 is 0.556 bits per heavy atom. The number of carboxylic acid groups (broad SMARTS) is 1. The van der Waals surface area contributed by atoms with Gasteiger partial charge in [0.05, 0.1) is 40.3 Å². The van der Waals surface area contributed by atoms with Gasteiger partial charge < -0.3 is 28.6 Å². The molecule has 0 aromatic heterocycles. The summed E-state index contributed by atoms with van der Waals surface area (Å²) in [6, 6.07) is -0.738. The van der Waals surface area contributed by atoms with Crippen LogP contribution >= 0.6 is 0 Å². The van der Waals surface area contributed by atoms with E-state index in [1.807, 2.05) is 0 Å². The van der Waals surface area contributed by atoms with Gasteiger partial charge in [-0.25, -0.2) is 0 Å². The summed E-state index contributed by atoms with van der Waals surface area (Å²) >= 11 is 0. The lowest BCUT2D eigenvalue weighted by molar-refractivity contribution is -0.889. The van der Waals surface area contributed by atoms with Crippen molar-refractivity contribution in [2.75, 3.05) is 41.0 Å². The molecule has 0 fully saturated rings. The van der Waals surface area contributed by atoms with Crippen LogP contribution < -0.4 is 5.11 Å². The number of rotatable bonds is 36. The minimum atomic E-state index is -1.14. The fraction of sp³-hybridized carbons (Fsp3) is 0.674. The SMILES string of the molecule is CCCCC/C=C/C/C=C/C/C=C/C/C=C/C/C=C/CCCCC(=O)OCC(COCCC(C(=O)[O-])[N+](C)(C)C)OC(=O)CCC/C=C/CCCCCC. The highest BCUT2D eigenvalue weighted by molar-refractivity contribution is 5.70. The van der Waals surface area contributed by atoms with Gasteiger partial charge in [0.2, 0.25) is 0 Å². The van der Waals surface area contributed by atoms with Crippen molar-refractivity contribution < 1.29 is 38.2 Å². The van der Waals surface area contributed by atoms with Crippen molar-refractivity contribution in [1.82, 2.24) is 0 Å². The molecule has 2 unspecified atom stereocenters. The molecule has 0 aromatic carbocycles. The first-order valence-electron chi connectivity index (χ1n) is 21.0. The van der Waals surface area contributed by atoms with Crippen LogP contribution in [0.1, 0.15) is 149 Å². The van der Waals surface area contributed by atoms with Gasteiger partial charge in [-0.15, -0.1) is 0 Å². The number of hydrogen-bond acceptors (Lipinski definition) is 7. The quantitative estimate of drug-likeness (QED) is 0.0272. The number of quaternary nitrogens is 1. The van der Waals surface area contributed by atoms with Gasteiger partial charge in [-0.2, -0.15) is 0 Å². The van der Waals surface area contributed by atoms with E-state index in [1.165, 1.54) is 51.4 Å². The maximum absolute atomic E-state index is 12.6. The third-order valence-corrected chi connectivity index (χ3v) is 8.82. The number of allylic oxidation sites excluding steroid dienone is 12. The molecule has 2 atom stereocenters. The number of nitrogens with zero attached hydrogens (tertiary/aromatic N) is 1. The van der Waals surface area contributed by atoms with Gasteiger partial charge in [-0.1, -0.05) is 119 Å². The maximum atomic E-state index is 12.6. The summed E-state index contributed by atoms with van der Waals surface area (Å²) in [5.74, 6) is -1.85. The first-order chi connectivity index (χ1) is 26.1. The molecule has 0 saturated carbocycles. The van der Waals surface area contributed by atoms with Crippen LogP contribution in [0.25, 0.3) is 0 Å². The number of unbranched alkanes of at least 4 members (excludes halogenated alkanes) is 10. The maximum Gasteiger partial charge on any atom is 0.306 e. The number of aliphatic carboxylic acids is 1. The largest absolute Gasteiger partial charge is 0.544 e. The standard InChI is InChI=1S/C46H77NO7/c1-6-8-10-12-14-16-17-18-19-20-21-22-23-24-25-26-27-29-30-32-34-36-44(48)53-41-42(40-52-39-38-43(46(50)51)47(3,4)5)54-45(49)37-35-33-31-28-15-13-11-9-7-2/h14,16,18-19,21-22,24-25,27-29,31,42-43H,6-13,15,17,20,23,26,30,32-41H2,1-5H3/b16-14+,19-18+,22-21+,25-24+,29-27+,31-28+. The molecule has 308 valence electrons. The third-order valence-electron chi connectivity index (χ3n) is 8.82. The smallest absolute Gasteiger partial charge is 0.306 e. The number of carboxylic acids is 1. The second-order valence-electron chi connectivity index (χ2n) is 14.9. The van der Waals surface area contributed by atoms with E-state index in [9.17, 15) is 19.5 Å². The number of ether oxygens (including phenoxy) is 3. The van der Waals surface area contributed by atoms with Gasteiger partial charge in [0.25, 0.3) is 0 Å². The Bertz CT molecular complexity index is 1110. The lowest BCUT2D eigenvalue weighted by Crippen LogP contribution is -2.55. The lowest BCUT2D eigenvalue weighted by Gasteiger charge is -2.34. The number of esters is 2. The number of carbonyl (C=O) groups is 3. The van der Waals surface area contributed by atoms with Crippen molar-refractivity contribution in [1.29, 1.82) is 0 Å². The fourth-order valence-electron chi connectivity index (χ4n) is 5.50. The molecule has 0 N–H and O–H groups in total. The van der Waals surface area contributed by atoms with E-state index in [-0.39, 0.29) is 55.5 Å². The highest BCUT2D eigenvalue weighted by atomic mass is 16.6. The number of hydrogen-bond donors (Lipinski definition) is 0. The average Bonchev–Trinajstić information content (AvgIpc) is 3.12. The Balaban J connectivity index is 4.41. The second kappa shape index (κ2) is 36.7. The van der Waals surface area contributed by atoms with E-state index in [1.54, 1.807) is 21.1 Å². The Labute approximate surface area is 330 Å². The van der Waals surface area contributed by atoms with E-state index < -0.39 is 18.1 Å². The van der Waals surface area contributed by atoms with Crippen LogP contribution in [0.4, 0.5) is 0 Å². The van der Waals surface area contributed by atoms with Crippen LogP contribution in [0, 0.1) is 0 Å². The molecule has 0 bridgehead atoms. The molecule has 0 rings (SSSR count). The van der Waals surface area contributed by atoms with Crippen molar-refractivity contribution in [2.45, 2.75) is 161 Å². The molecule has 0 aromatic rings. The summed E-state index contributed by atoms with van der Waals surface area (Å²) in [6.07, 6.45) is 45.2. The fourth-order valence-corrected chi connectivity index (χ4v) is 5.50. The Morgan fingerprint density at radius 2 is 1.00 bits per heavy atom. The molecule has 0 amide bonds. The Hall–Kier alpha value is -3.23. The van der Waals surface area contributed by atoms with Crippen molar-refractivity contribution >= 4 is 17.9 Å². The molecule has 0 radical (unpaired) electrons. The second-order valence-corrected chi connectivity index (χ2v) is 14.9. The highest BCUT2D eigenvalue weighted by Gasteiger charge is 2.25. The molecule has 54 heavy (non-hydrogen) atoms. The van der Waals surface area contributed by atoms with Crippen LogP contribution in [0.15, 0.2) is 72.9 Å². The van der Waals surface area contributed by atoms with Gasteiger partial charge in [0.15, 0.2) is 6.10 Å². The van der Waals surface area contributed by atoms with Crippen molar-refractivity contribution in [3.05, 3.63) is 72.9 Å². The minimum absolute atomic E-state index is 0.0117. The van der Waals surface area contributed by atoms with Gasteiger partial charge in [-0.05, 0) is 83.5 Å². The van der Waals surface area contributed by atoms with E-state index in [0.717, 1.165) is 51.4 Å². The molecule has 0 heterocycles. The van der Waals surface area contributed by atoms with Gasteiger partial charge >= 0.3 is 11.9 Å². The molecular formula is C46H77NO7. The molecule has 0 aliphatic carbocycles. The molecule has 0 saturated heterocycles. The molecular weight excluding hydrogens is 679 g/mol. The number of carbonyl (C=O) groups excluding carboxylic acids is 3. The summed E-state index contributed by atoms with van der Waals surface area (Å²) in [5, 5.41) is 11.6. The zero-order chi connectivity index (χ0) is 40.0. The van der Waals surface area contributed by atoms with Crippen LogP contribution in [0.5, 0.6) is 0 Å². The zero-order valence-electron chi connectivity index (χ0n) is 34.9. The normalized spacial score (nSPS) is 13.7. The highest BCUT2D eigenvalue weighted by Crippen LogP contribution is 2.10. The van der Waals surface area contributed by atoms with Gasteiger partial charge in [-0.3, -0.25) is 9.59 Å². The molecule has 0 spiro atoms. The number of likely N-dealkylation sites (N-methyl/N-ethyl adjacent to an activating group) is 1. The summed E-state index contributed by atoms with van der Waals surface area (Å²) in [4.78, 5) is 36.6. The van der Waals surface area contributed by atoms with Crippen molar-refractivity contribution in [3.8, 4) is 0 Å². The van der Waals surface area contributed by atoms with Crippen LogP contribution in [-0.4, -0.2) is 75.5 Å². The summed E-state index contributed by atoms with van der Waals surface area (Å²) in [7, 11) is 5.37. The van der Waals surface area contributed by atoms with E-state index in [2.05, 4.69) is 86.8 Å². The molecule has 8 nitrogen and oxygen atoms in total. The zero-order valence-corrected chi connectivity index (χ0v) is 34.9. The van der Waals surface area contributed by atoms with E-state index >= 15 is 0 Å². The Kier molecular flexibility index (Phi) is 34.5. The van der Waals surface area contributed by atoms with Gasteiger partial charge in [0, 0.05) is 19.3 Å². The monoisotopic (exact) mass is 756 g/mol. The third kappa shape index (κ3) is 34.5. The predicted molar refractivity (Wildman–Crippen MR) is 222 cm³/mol. The molecule has 8 heteroatoms. The van der Waals surface area contributed by atoms with Crippen LogP contribution in [0.3, 0.4) is 0 Å². The molecule has 0 aliphatic rings. The first-order valence-corrected chi connectivity index (χ1v) is 21.0. The van der Waals surface area contributed by atoms with E-state index in [0.29, 0.717) is 12.8 Å². The first kappa shape index (κ1) is 50.8. The average molecular weight is 756 g/mol. The Morgan fingerprint density at radius 3 is 1.52 bits per heavy atom. The predicted octanol–water partition coefficient (Wildman–Crippen LogP) is 9.85. The van der Waals surface area contributed by atoms with Crippen molar-refractivity contribution in [3.63, 3.8) is 0 Å². The lowest BCUT2D eigenvalue weighted by atomic mass is 10.1. The van der Waals surface area contributed by atoms with Crippen LogP contribution in [0.2, 0.25) is 0 Å². The van der Waals surface area contributed by atoms with Gasteiger partial charge in [0.1, 0.15) is 12.6 Å². The van der Waals surface area contributed by atoms with E-state index in [4.69, 9.17) is 14.2 Å². The summed E-state index contributed by atoms with van der Waals surface area (Å²) in [6.45, 7) is 4.49. The minimum Gasteiger partial charge on any atom is -0.544 e. The summed E-state index contributed by atoms with van der Waals surface area (Å²) in [5.41, 5.74) is 0. The summed E-state index contributed by atoms with van der Waals surface area (Å²) < 4.78 is 17.0. The van der Waals surface area contributed by atoms with Crippen LogP contribution in [-0.2, 0) is 28.6 Å². The molecule has 0 aliphatic heterocycles. The van der Waals surface area contributed by atoms with Crippen molar-refractivity contribution in [2.24, 2.45) is 0 Å². The topological polar surface area (TPSA) is 102 Å².